The number of carbonyl (C=O) groups excluding carboxylic acids is 1. The van der Waals surface area contributed by atoms with Crippen molar-refractivity contribution in [2.75, 3.05) is 7.11 Å². The summed E-state index contributed by atoms with van der Waals surface area (Å²) in [5, 5.41) is 8.52. The highest BCUT2D eigenvalue weighted by Crippen LogP contribution is 2.28. The maximum absolute atomic E-state index is 10.8. The molecule has 0 atom stereocenters. The molecule has 0 radical (unpaired) electrons. The normalized spacial score (nSPS) is 9.13. The molecule has 0 fully saturated rings. The predicted molar refractivity (Wildman–Crippen MR) is 53.6 cm³/mol. The lowest BCUT2D eigenvalue weighted by Crippen LogP contribution is -2.03. The van der Waals surface area contributed by atoms with Gasteiger partial charge >= 0.3 is 5.97 Å². The minimum absolute atomic E-state index is 0.302. The number of carbonyl (C=O) groups is 1. The largest absolute Gasteiger partial charge is 0.493 e. The van der Waals surface area contributed by atoms with Crippen LogP contribution >= 0.6 is 0 Å². The molecule has 0 saturated heterocycles. The van der Waals surface area contributed by atoms with E-state index in [1.54, 1.807) is 18.2 Å². The summed E-state index contributed by atoms with van der Waals surface area (Å²) in [4.78, 5) is 10.8. The predicted octanol–water partition coefficient (Wildman–Crippen LogP) is 1.69. The zero-order valence-electron chi connectivity index (χ0n) is 8.61. The van der Waals surface area contributed by atoms with Gasteiger partial charge in [-0.3, -0.25) is 4.79 Å². The van der Waals surface area contributed by atoms with Gasteiger partial charge in [-0.1, -0.05) is 6.07 Å². The lowest BCUT2D eigenvalue weighted by molar-refractivity contribution is -0.132. The van der Waals surface area contributed by atoms with Gasteiger partial charge < -0.3 is 9.47 Å². The summed E-state index contributed by atoms with van der Waals surface area (Å²) in [5.41, 5.74) is 0.824. The van der Waals surface area contributed by atoms with Crippen LogP contribution in [0.2, 0.25) is 0 Å². The Bertz CT molecular complexity index is 407. The van der Waals surface area contributed by atoms with Crippen LogP contribution in [0.4, 0.5) is 0 Å². The fourth-order valence-corrected chi connectivity index (χ4v) is 1.15. The fraction of sp³-hybridized carbons (Fsp3) is 0.273. The molecule has 0 aromatic heterocycles. The number of nitrogens with zero attached hydrogens (tertiary/aromatic N) is 1. The third kappa shape index (κ3) is 2.99. The van der Waals surface area contributed by atoms with Crippen LogP contribution in [0.15, 0.2) is 18.2 Å². The first-order chi connectivity index (χ1) is 7.17. The number of ether oxygens (including phenoxy) is 2. The van der Waals surface area contributed by atoms with Crippen molar-refractivity contribution in [3.8, 4) is 17.6 Å². The Morgan fingerprint density at radius 3 is 2.73 bits per heavy atom. The van der Waals surface area contributed by atoms with E-state index < -0.39 is 5.97 Å². The van der Waals surface area contributed by atoms with Gasteiger partial charge in [-0.15, -0.1) is 0 Å². The van der Waals surface area contributed by atoms with Crippen molar-refractivity contribution < 1.29 is 14.3 Å². The molecule has 0 aliphatic rings. The Balaban J connectivity index is 2.99. The van der Waals surface area contributed by atoms with Gasteiger partial charge in [0, 0.05) is 6.92 Å². The zero-order valence-corrected chi connectivity index (χ0v) is 8.61. The van der Waals surface area contributed by atoms with Gasteiger partial charge in [0.15, 0.2) is 11.5 Å². The zero-order chi connectivity index (χ0) is 11.3. The van der Waals surface area contributed by atoms with Crippen LogP contribution in [0.1, 0.15) is 12.5 Å². The van der Waals surface area contributed by atoms with Gasteiger partial charge in [0.2, 0.25) is 0 Å². The molecule has 0 bridgehead atoms. The van der Waals surface area contributed by atoms with Crippen molar-refractivity contribution in [2.24, 2.45) is 0 Å². The van der Waals surface area contributed by atoms with E-state index in [1.807, 2.05) is 6.07 Å². The van der Waals surface area contributed by atoms with Crippen LogP contribution in [-0.2, 0) is 11.2 Å². The van der Waals surface area contributed by atoms with E-state index >= 15 is 0 Å². The minimum Gasteiger partial charge on any atom is -0.493 e. The molecule has 78 valence electrons. The lowest BCUT2D eigenvalue weighted by Gasteiger charge is -2.08. The molecule has 0 N–H and O–H groups in total. The topological polar surface area (TPSA) is 59.3 Å². The number of methoxy groups -OCH3 is 1. The molecule has 4 heteroatoms. The van der Waals surface area contributed by atoms with Gasteiger partial charge in [0.1, 0.15) is 0 Å². The Labute approximate surface area is 88.0 Å². The molecule has 0 aliphatic carbocycles. The third-order valence-corrected chi connectivity index (χ3v) is 1.76. The summed E-state index contributed by atoms with van der Waals surface area (Å²) in [6.45, 7) is 1.32. The average Bonchev–Trinajstić information content (AvgIpc) is 2.20. The third-order valence-electron chi connectivity index (χ3n) is 1.76. The van der Waals surface area contributed by atoms with E-state index in [4.69, 9.17) is 14.7 Å². The number of rotatable bonds is 3. The number of nitriles is 1. The molecule has 0 amide bonds. The molecule has 0 unspecified atom stereocenters. The molecule has 0 heterocycles. The van der Waals surface area contributed by atoms with Gasteiger partial charge in [-0.2, -0.15) is 5.26 Å². The molecule has 1 aromatic carbocycles. The van der Waals surface area contributed by atoms with Crippen LogP contribution in [0, 0.1) is 11.3 Å². The van der Waals surface area contributed by atoms with E-state index in [-0.39, 0.29) is 0 Å². The summed E-state index contributed by atoms with van der Waals surface area (Å²) in [7, 11) is 1.48. The van der Waals surface area contributed by atoms with Crippen molar-refractivity contribution in [1.82, 2.24) is 0 Å². The van der Waals surface area contributed by atoms with E-state index in [1.165, 1.54) is 14.0 Å². The van der Waals surface area contributed by atoms with Crippen molar-refractivity contribution in [2.45, 2.75) is 13.3 Å². The second kappa shape index (κ2) is 5.01. The maximum Gasteiger partial charge on any atom is 0.308 e. The highest BCUT2D eigenvalue weighted by Gasteiger charge is 2.07. The van der Waals surface area contributed by atoms with E-state index in [2.05, 4.69) is 0 Å². The summed E-state index contributed by atoms with van der Waals surface area (Å²) in [6, 6.07) is 7.06. The molecule has 15 heavy (non-hydrogen) atoms. The summed E-state index contributed by atoms with van der Waals surface area (Å²) < 4.78 is 9.97. The number of esters is 1. The molecule has 0 aliphatic heterocycles. The van der Waals surface area contributed by atoms with Crippen molar-refractivity contribution in [3.63, 3.8) is 0 Å². The quantitative estimate of drug-likeness (QED) is 0.556. The Morgan fingerprint density at radius 1 is 1.47 bits per heavy atom. The monoisotopic (exact) mass is 205 g/mol. The van der Waals surface area contributed by atoms with Crippen molar-refractivity contribution >= 4 is 5.97 Å². The Kier molecular flexibility index (Phi) is 3.69. The van der Waals surface area contributed by atoms with Crippen molar-refractivity contribution in [3.05, 3.63) is 23.8 Å². The minimum atomic E-state index is -0.402. The Morgan fingerprint density at radius 2 is 2.20 bits per heavy atom. The first-order valence-corrected chi connectivity index (χ1v) is 4.39. The number of benzene rings is 1. The van der Waals surface area contributed by atoms with Crippen LogP contribution < -0.4 is 9.47 Å². The van der Waals surface area contributed by atoms with Gasteiger partial charge in [0.05, 0.1) is 19.6 Å². The van der Waals surface area contributed by atoms with Crippen LogP contribution in [0.25, 0.3) is 0 Å². The summed E-state index contributed by atoms with van der Waals surface area (Å²) >= 11 is 0. The highest BCUT2D eigenvalue weighted by atomic mass is 16.6. The fourth-order valence-electron chi connectivity index (χ4n) is 1.15. The van der Waals surface area contributed by atoms with Gasteiger partial charge in [-0.25, -0.2) is 0 Å². The average molecular weight is 205 g/mol. The van der Waals surface area contributed by atoms with Crippen LogP contribution in [-0.4, -0.2) is 13.1 Å². The van der Waals surface area contributed by atoms with Gasteiger partial charge in [-0.05, 0) is 17.7 Å². The van der Waals surface area contributed by atoms with Gasteiger partial charge in [0.25, 0.3) is 0 Å². The molecule has 0 saturated carbocycles. The highest BCUT2D eigenvalue weighted by molar-refractivity contribution is 5.70. The van der Waals surface area contributed by atoms with Crippen LogP contribution in [0.5, 0.6) is 11.5 Å². The SMILES string of the molecule is COc1cc(CC#N)ccc1OC(C)=O. The second-order valence-electron chi connectivity index (χ2n) is 2.91. The van der Waals surface area contributed by atoms with E-state index in [0.29, 0.717) is 17.9 Å². The molecule has 0 spiro atoms. The maximum atomic E-state index is 10.8. The number of hydrogen-bond acceptors (Lipinski definition) is 4. The summed E-state index contributed by atoms with van der Waals surface area (Å²) in [5.74, 6) is 0.422. The first-order valence-electron chi connectivity index (χ1n) is 4.39. The first kappa shape index (κ1) is 11.1. The van der Waals surface area contributed by atoms with Crippen LogP contribution in [0.3, 0.4) is 0 Å². The van der Waals surface area contributed by atoms with E-state index in [0.717, 1.165) is 5.56 Å². The Hall–Kier alpha value is -2.02. The number of hydrogen-bond donors (Lipinski definition) is 0. The van der Waals surface area contributed by atoms with Crippen molar-refractivity contribution in [1.29, 1.82) is 5.26 Å². The second-order valence-corrected chi connectivity index (χ2v) is 2.91. The molecule has 1 rings (SSSR count). The molecule has 4 nitrogen and oxygen atoms in total. The molecular weight excluding hydrogens is 194 g/mol. The van der Waals surface area contributed by atoms with E-state index in [9.17, 15) is 4.79 Å². The summed E-state index contributed by atoms with van der Waals surface area (Å²) in [6.07, 6.45) is 0.302. The molecule has 1 aromatic rings. The lowest BCUT2D eigenvalue weighted by atomic mass is 10.1. The standard InChI is InChI=1S/C11H11NO3/c1-8(13)15-10-4-3-9(5-6-12)7-11(10)14-2/h3-4,7H,5H2,1-2H3. The smallest absolute Gasteiger partial charge is 0.308 e. The molecular formula is C11H11NO3.